The van der Waals surface area contributed by atoms with E-state index in [1.807, 2.05) is 0 Å². The fourth-order valence-corrected chi connectivity index (χ4v) is 1.28. The van der Waals surface area contributed by atoms with Crippen LogP contribution >= 0.6 is 0 Å². The number of nitrogens with one attached hydrogen (secondary N) is 2. The summed E-state index contributed by atoms with van der Waals surface area (Å²) in [6, 6.07) is 2.37. The highest BCUT2D eigenvalue weighted by Crippen LogP contribution is 2.17. The van der Waals surface area contributed by atoms with Crippen LogP contribution in [0.2, 0.25) is 0 Å². The van der Waals surface area contributed by atoms with Crippen LogP contribution in [0.4, 0.5) is 14.9 Å². The van der Waals surface area contributed by atoms with E-state index in [1.165, 1.54) is 6.07 Å². The normalized spacial score (nSPS) is 10.4. The van der Waals surface area contributed by atoms with Gasteiger partial charge in [-0.3, -0.25) is 0 Å². The molecule has 0 aliphatic heterocycles. The number of hydrogen-bond donors (Lipinski definition) is 3. The summed E-state index contributed by atoms with van der Waals surface area (Å²) in [5.41, 5.74) is -1.24. The van der Waals surface area contributed by atoms with E-state index in [0.717, 1.165) is 12.1 Å². The first-order valence-electron chi connectivity index (χ1n) is 5.35. The molecule has 1 rings (SSSR count). The minimum atomic E-state index is -1.34. The van der Waals surface area contributed by atoms with Gasteiger partial charge < -0.3 is 15.7 Å². The number of anilines is 1. The van der Waals surface area contributed by atoms with Gasteiger partial charge in [-0.1, -0.05) is 5.92 Å². The zero-order valence-corrected chi connectivity index (χ0v) is 10.5. The van der Waals surface area contributed by atoms with Crippen molar-refractivity contribution in [2.45, 2.75) is 19.4 Å². The van der Waals surface area contributed by atoms with E-state index >= 15 is 0 Å². The van der Waals surface area contributed by atoms with Crippen LogP contribution in [0.25, 0.3) is 0 Å². The summed E-state index contributed by atoms with van der Waals surface area (Å²) in [7, 11) is 0. The van der Waals surface area contributed by atoms with Crippen LogP contribution < -0.4 is 10.6 Å². The number of benzene rings is 1. The van der Waals surface area contributed by atoms with Gasteiger partial charge in [0.05, 0.1) is 16.8 Å². The largest absolute Gasteiger partial charge is 0.478 e. The van der Waals surface area contributed by atoms with Gasteiger partial charge >= 0.3 is 12.0 Å². The number of amides is 2. The Morgan fingerprint density at radius 2 is 2.05 bits per heavy atom. The molecule has 0 spiro atoms. The minimum absolute atomic E-state index is 0.0146. The van der Waals surface area contributed by atoms with Crippen LogP contribution in [0.3, 0.4) is 0 Å². The summed E-state index contributed by atoms with van der Waals surface area (Å²) in [4.78, 5) is 22.6. The van der Waals surface area contributed by atoms with Crippen molar-refractivity contribution in [2.75, 3.05) is 5.32 Å². The van der Waals surface area contributed by atoms with Gasteiger partial charge in [-0.05, 0) is 32.0 Å². The van der Waals surface area contributed by atoms with Crippen LogP contribution in [0, 0.1) is 18.2 Å². The molecular weight excluding hydrogens is 251 g/mol. The van der Waals surface area contributed by atoms with Gasteiger partial charge in [0.2, 0.25) is 0 Å². The van der Waals surface area contributed by atoms with Crippen molar-refractivity contribution in [1.29, 1.82) is 0 Å². The highest BCUT2D eigenvalue weighted by molar-refractivity contribution is 6.00. The third kappa shape index (κ3) is 4.00. The van der Waals surface area contributed by atoms with Crippen molar-refractivity contribution in [3.63, 3.8) is 0 Å². The molecule has 1 aromatic carbocycles. The third-order valence-electron chi connectivity index (χ3n) is 2.25. The van der Waals surface area contributed by atoms with Crippen molar-refractivity contribution in [3.05, 3.63) is 29.6 Å². The van der Waals surface area contributed by atoms with E-state index in [4.69, 9.17) is 11.5 Å². The maximum absolute atomic E-state index is 13.0. The van der Waals surface area contributed by atoms with Crippen LogP contribution in [0.5, 0.6) is 0 Å². The summed E-state index contributed by atoms with van der Waals surface area (Å²) in [6.07, 6.45) is 5.21. The molecule has 0 saturated heterocycles. The lowest BCUT2D eigenvalue weighted by atomic mass is 10.1. The molecule has 0 fully saturated rings. The van der Waals surface area contributed by atoms with Gasteiger partial charge in [0.15, 0.2) is 0 Å². The fourth-order valence-electron chi connectivity index (χ4n) is 1.28. The average molecular weight is 264 g/mol. The maximum Gasteiger partial charge on any atom is 0.337 e. The van der Waals surface area contributed by atoms with E-state index < -0.39 is 23.4 Å². The molecule has 0 aliphatic carbocycles. The summed E-state index contributed by atoms with van der Waals surface area (Å²) in [5, 5.41) is 13.7. The molecular formula is C13H13FN2O3. The Hall–Kier alpha value is -2.55. The molecule has 5 nitrogen and oxygen atoms in total. The molecule has 0 radical (unpaired) electrons. The molecule has 2 amide bonds. The standard InChI is InChI=1S/C13H13FN2O3/c1-4-13(2,3)16-12(19)15-10-6-5-8(14)7-9(10)11(17)18/h1,5-7H,2-3H3,(H,17,18)(H2,15,16,19). The topological polar surface area (TPSA) is 78.4 Å². The molecule has 0 aliphatic rings. The molecule has 3 N–H and O–H groups in total. The molecule has 0 aromatic heterocycles. The van der Waals surface area contributed by atoms with Gasteiger partial charge in [0.1, 0.15) is 5.82 Å². The van der Waals surface area contributed by atoms with Gasteiger partial charge in [-0.2, -0.15) is 0 Å². The highest BCUT2D eigenvalue weighted by atomic mass is 19.1. The first-order chi connectivity index (χ1) is 8.75. The van der Waals surface area contributed by atoms with Crippen LogP contribution in [-0.4, -0.2) is 22.6 Å². The number of aromatic carboxylic acids is 1. The molecule has 0 atom stereocenters. The Bertz CT molecular complexity index is 561. The van der Waals surface area contributed by atoms with Crippen molar-refractivity contribution in [1.82, 2.24) is 5.32 Å². The summed E-state index contributed by atoms with van der Waals surface area (Å²) < 4.78 is 13.0. The number of carboxylic acid groups (broad SMARTS) is 1. The van der Waals surface area contributed by atoms with Crippen LogP contribution in [0.15, 0.2) is 18.2 Å². The summed E-state index contributed by atoms with van der Waals surface area (Å²) in [6.45, 7) is 3.21. The molecule has 1 aromatic rings. The SMILES string of the molecule is C#CC(C)(C)NC(=O)Nc1ccc(F)cc1C(=O)O. The van der Waals surface area contributed by atoms with Crippen molar-refractivity contribution < 1.29 is 19.1 Å². The number of rotatable bonds is 3. The predicted octanol–water partition coefficient (Wildman–Crippen LogP) is 2.06. The van der Waals surface area contributed by atoms with E-state index in [9.17, 15) is 14.0 Å². The predicted molar refractivity (Wildman–Crippen MR) is 68.4 cm³/mol. The zero-order chi connectivity index (χ0) is 14.6. The van der Waals surface area contributed by atoms with E-state index in [-0.39, 0.29) is 11.3 Å². The molecule has 19 heavy (non-hydrogen) atoms. The van der Waals surface area contributed by atoms with Gasteiger partial charge in [-0.15, -0.1) is 6.42 Å². The maximum atomic E-state index is 13.0. The second-order valence-corrected chi connectivity index (χ2v) is 4.34. The van der Waals surface area contributed by atoms with E-state index in [0.29, 0.717) is 0 Å². The van der Waals surface area contributed by atoms with Gasteiger partial charge in [-0.25, -0.2) is 14.0 Å². The number of carbonyl (C=O) groups is 2. The number of halogens is 1. The number of carbonyl (C=O) groups excluding carboxylic acids is 1. The Balaban J connectivity index is 2.92. The zero-order valence-electron chi connectivity index (χ0n) is 10.5. The second-order valence-electron chi connectivity index (χ2n) is 4.34. The Kier molecular flexibility index (Phi) is 4.12. The average Bonchev–Trinajstić information content (AvgIpc) is 2.30. The Morgan fingerprint density at radius 1 is 1.42 bits per heavy atom. The molecule has 6 heteroatoms. The van der Waals surface area contributed by atoms with Crippen molar-refractivity contribution in [3.8, 4) is 12.3 Å². The fraction of sp³-hybridized carbons (Fsp3) is 0.231. The molecule has 0 saturated carbocycles. The smallest absolute Gasteiger partial charge is 0.337 e. The summed E-state index contributed by atoms with van der Waals surface area (Å²) >= 11 is 0. The third-order valence-corrected chi connectivity index (χ3v) is 2.25. The number of urea groups is 1. The highest BCUT2D eigenvalue weighted by Gasteiger charge is 2.19. The Labute approximate surface area is 109 Å². The van der Waals surface area contributed by atoms with Gasteiger partial charge in [0.25, 0.3) is 0 Å². The number of terminal acetylenes is 1. The molecule has 100 valence electrons. The number of carboxylic acids is 1. The quantitative estimate of drug-likeness (QED) is 0.731. The van der Waals surface area contributed by atoms with Crippen molar-refractivity contribution in [2.24, 2.45) is 0 Å². The minimum Gasteiger partial charge on any atom is -0.478 e. The molecule has 0 heterocycles. The monoisotopic (exact) mass is 264 g/mol. The summed E-state index contributed by atoms with van der Waals surface area (Å²) in [5.74, 6) is 0.313. The molecule has 0 unspecified atom stereocenters. The van der Waals surface area contributed by atoms with Crippen LogP contribution in [0.1, 0.15) is 24.2 Å². The Morgan fingerprint density at radius 3 is 2.58 bits per heavy atom. The lowest BCUT2D eigenvalue weighted by Gasteiger charge is -2.20. The second kappa shape index (κ2) is 5.40. The van der Waals surface area contributed by atoms with E-state index in [2.05, 4.69) is 16.6 Å². The van der Waals surface area contributed by atoms with Crippen molar-refractivity contribution >= 4 is 17.7 Å². The van der Waals surface area contributed by atoms with Gasteiger partial charge in [0, 0.05) is 0 Å². The first kappa shape index (κ1) is 14.5. The lowest BCUT2D eigenvalue weighted by molar-refractivity contribution is 0.0697. The first-order valence-corrected chi connectivity index (χ1v) is 5.35. The number of hydrogen-bond acceptors (Lipinski definition) is 2. The van der Waals surface area contributed by atoms with E-state index in [1.54, 1.807) is 13.8 Å². The van der Waals surface area contributed by atoms with Crippen LogP contribution in [-0.2, 0) is 0 Å². The molecule has 0 bridgehead atoms. The lowest BCUT2D eigenvalue weighted by Crippen LogP contribution is -2.44.